The largest absolute Gasteiger partial charge is 0.300 e. The van der Waals surface area contributed by atoms with Gasteiger partial charge in [0.2, 0.25) is 0 Å². The summed E-state index contributed by atoms with van der Waals surface area (Å²) in [6.07, 6.45) is 0.0566. The van der Waals surface area contributed by atoms with Crippen molar-refractivity contribution in [3.63, 3.8) is 0 Å². The van der Waals surface area contributed by atoms with Gasteiger partial charge >= 0.3 is 0 Å². The lowest BCUT2D eigenvalue weighted by Crippen LogP contribution is -2.63. The van der Waals surface area contributed by atoms with Crippen LogP contribution in [0.15, 0.2) is 59.5 Å². The molecule has 2 aromatic rings. The lowest BCUT2D eigenvalue weighted by molar-refractivity contribution is -0.140. The minimum Gasteiger partial charge on any atom is -0.300 e. The van der Waals surface area contributed by atoms with Gasteiger partial charge in [-0.2, -0.15) is 0 Å². The standard InChI is InChI=1S/C23H23N3O4S4/c1-21-13-23(14-27)25(19(28)22(2,24-3)32-20(31)33-23)18(21)26(17-12-8-7-11-16(17)21)34(29,30)15-9-5-4-6-10-15/h4-12,14,18,24H,13H2,1-3H3/t18-,21?,22+,23?/m0/s1. The molecule has 178 valence electrons. The SMILES string of the molecule is CN[C@]1(C)SC(=S)SC2(C=O)CC3(C)c4ccccc4N(S(=O)(=O)c4ccccc4)[C@@H]3N2C1=O. The third kappa shape index (κ3) is 3.07. The summed E-state index contributed by atoms with van der Waals surface area (Å²) in [4.78, 5) is 26.0. The topological polar surface area (TPSA) is 86.8 Å². The zero-order valence-electron chi connectivity index (χ0n) is 18.7. The molecule has 34 heavy (non-hydrogen) atoms. The molecule has 0 saturated carbocycles. The number of thioether (sulfide) groups is 2. The van der Waals surface area contributed by atoms with Crippen LogP contribution in [-0.4, -0.2) is 52.0 Å². The molecule has 2 unspecified atom stereocenters. The van der Waals surface area contributed by atoms with Crippen molar-refractivity contribution in [3.05, 3.63) is 60.2 Å². The third-order valence-electron chi connectivity index (χ3n) is 6.96. The highest BCUT2D eigenvalue weighted by molar-refractivity contribution is 8.48. The number of carbonyl (C=O) groups is 2. The second kappa shape index (κ2) is 7.79. The molecule has 1 N–H and O–H groups in total. The van der Waals surface area contributed by atoms with E-state index < -0.39 is 31.3 Å². The molecule has 3 aliphatic rings. The van der Waals surface area contributed by atoms with Crippen molar-refractivity contribution < 1.29 is 18.0 Å². The van der Waals surface area contributed by atoms with E-state index in [2.05, 4.69) is 5.32 Å². The summed E-state index contributed by atoms with van der Waals surface area (Å²) >= 11 is 7.89. The van der Waals surface area contributed by atoms with Crippen molar-refractivity contribution in [2.24, 2.45) is 0 Å². The average molecular weight is 534 g/mol. The number of nitrogens with one attached hydrogen (secondary N) is 1. The maximum atomic E-state index is 14.1. The van der Waals surface area contributed by atoms with E-state index >= 15 is 0 Å². The fourth-order valence-corrected chi connectivity index (χ4v) is 10.7. The summed E-state index contributed by atoms with van der Waals surface area (Å²) in [6, 6.07) is 15.4. The van der Waals surface area contributed by atoms with Crippen LogP contribution in [0.1, 0.15) is 25.8 Å². The summed E-state index contributed by atoms with van der Waals surface area (Å²) in [7, 11) is -2.41. The van der Waals surface area contributed by atoms with Crippen LogP contribution in [0.4, 0.5) is 5.69 Å². The molecule has 2 saturated heterocycles. The van der Waals surface area contributed by atoms with Crippen LogP contribution < -0.4 is 9.62 Å². The van der Waals surface area contributed by atoms with Crippen LogP contribution in [0.3, 0.4) is 0 Å². The highest BCUT2D eigenvalue weighted by atomic mass is 32.2. The van der Waals surface area contributed by atoms with Crippen LogP contribution in [0.25, 0.3) is 0 Å². The fourth-order valence-electron chi connectivity index (χ4n) is 5.29. The van der Waals surface area contributed by atoms with Crippen molar-refractivity contribution in [2.75, 3.05) is 11.4 Å². The number of rotatable bonds is 4. The lowest BCUT2D eigenvalue weighted by Gasteiger charge is -2.41. The normalized spacial score (nSPS) is 32.7. The Labute approximate surface area is 212 Å². The van der Waals surface area contributed by atoms with E-state index in [0.29, 0.717) is 9.22 Å². The smallest absolute Gasteiger partial charge is 0.266 e. The van der Waals surface area contributed by atoms with E-state index in [-0.39, 0.29) is 17.2 Å². The molecule has 0 aromatic heterocycles. The Hall–Kier alpha value is -1.92. The molecule has 2 aromatic carbocycles. The van der Waals surface area contributed by atoms with Gasteiger partial charge in [-0.25, -0.2) is 12.7 Å². The van der Waals surface area contributed by atoms with Crippen molar-refractivity contribution >= 4 is 67.2 Å². The number of nitrogens with zero attached hydrogens (tertiary/aromatic N) is 2. The molecule has 3 aliphatic heterocycles. The number of likely N-dealkylation sites (N-methyl/N-ethyl adjacent to an activating group) is 1. The Bertz CT molecular complexity index is 1320. The predicted molar refractivity (Wildman–Crippen MR) is 139 cm³/mol. The predicted octanol–water partition coefficient (Wildman–Crippen LogP) is 3.31. The highest BCUT2D eigenvalue weighted by Gasteiger charge is 2.70. The zero-order valence-corrected chi connectivity index (χ0v) is 22.0. The maximum Gasteiger partial charge on any atom is 0.266 e. The van der Waals surface area contributed by atoms with Crippen molar-refractivity contribution in [3.8, 4) is 0 Å². The van der Waals surface area contributed by atoms with Gasteiger partial charge in [0.25, 0.3) is 15.9 Å². The molecule has 1 amide bonds. The van der Waals surface area contributed by atoms with Crippen molar-refractivity contribution in [1.29, 1.82) is 0 Å². The molecule has 2 fully saturated rings. The molecule has 11 heteroatoms. The van der Waals surface area contributed by atoms with Crippen LogP contribution in [0.2, 0.25) is 0 Å². The molecule has 0 spiro atoms. The van der Waals surface area contributed by atoms with E-state index in [0.717, 1.165) is 23.6 Å². The number of anilines is 1. The first-order valence-electron chi connectivity index (χ1n) is 10.6. The summed E-state index contributed by atoms with van der Waals surface area (Å²) in [5.41, 5.74) is 0.475. The summed E-state index contributed by atoms with van der Waals surface area (Å²) in [6.45, 7) is 3.64. The van der Waals surface area contributed by atoms with Gasteiger partial charge in [-0.05, 0) is 37.7 Å². The fraction of sp³-hybridized carbons (Fsp3) is 0.348. The van der Waals surface area contributed by atoms with E-state index in [4.69, 9.17) is 12.2 Å². The van der Waals surface area contributed by atoms with Gasteiger partial charge in [-0.15, -0.1) is 0 Å². The van der Waals surface area contributed by atoms with Gasteiger partial charge < -0.3 is 0 Å². The summed E-state index contributed by atoms with van der Waals surface area (Å²) in [5.74, 6) is -0.380. The number of amides is 1. The molecule has 3 heterocycles. The van der Waals surface area contributed by atoms with Gasteiger partial charge in [0.05, 0.1) is 10.6 Å². The Morgan fingerprint density at radius 1 is 1.09 bits per heavy atom. The van der Waals surface area contributed by atoms with E-state index in [1.165, 1.54) is 33.1 Å². The monoisotopic (exact) mass is 533 g/mol. The van der Waals surface area contributed by atoms with Crippen LogP contribution >= 0.6 is 35.7 Å². The number of fused-ring (bicyclic) bond motifs is 5. The first-order chi connectivity index (χ1) is 16.0. The second-order valence-corrected chi connectivity index (χ2v) is 14.7. The summed E-state index contributed by atoms with van der Waals surface area (Å²) < 4.78 is 29.9. The first-order valence-corrected chi connectivity index (χ1v) is 14.1. The molecular weight excluding hydrogens is 511 g/mol. The maximum absolute atomic E-state index is 14.1. The lowest BCUT2D eigenvalue weighted by atomic mass is 9.80. The van der Waals surface area contributed by atoms with Gasteiger partial charge in [-0.1, -0.05) is 79.1 Å². The molecule has 5 rings (SSSR count). The molecule has 7 nitrogen and oxygen atoms in total. The van der Waals surface area contributed by atoms with Crippen LogP contribution in [0.5, 0.6) is 0 Å². The van der Waals surface area contributed by atoms with E-state index in [1.807, 2.05) is 19.1 Å². The summed E-state index contributed by atoms with van der Waals surface area (Å²) in [5, 5.41) is 3.04. The Kier molecular flexibility index (Phi) is 5.45. The minimum absolute atomic E-state index is 0.119. The number of hydrogen-bond donors (Lipinski definition) is 1. The number of para-hydroxylation sites is 1. The third-order valence-corrected chi connectivity index (χ3v) is 11.7. The minimum atomic E-state index is -4.07. The average Bonchev–Trinajstić information content (AvgIpc) is 3.19. The molecular formula is C23H23N3O4S4. The molecule has 4 atom stereocenters. The van der Waals surface area contributed by atoms with E-state index in [1.54, 1.807) is 44.3 Å². The van der Waals surface area contributed by atoms with Crippen LogP contribution in [-0.2, 0) is 25.0 Å². The number of carbonyl (C=O) groups excluding carboxylic acids is 2. The van der Waals surface area contributed by atoms with Crippen molar-refractivity contribution in [2.45, 2.75) is 46.5 Å². The Morgan fingerprint density at radius 3 is 2.38 bits per heavy atom. The van der Waals surface area contributed by atoms with Gasteiger partial charge in [0.1, 0.15) is 14.6 Å². The molecule has 0 radical (unpaired) electrons. The Balaban J connectivity index is 1.80. The second-order valence-electron chi connectivity index (χ2n) is 8.97. The quantitative estimate of drug-likeness (QED) is 0.473. The van der Waals surface area contributed by atoms with Gasteiger partial charge in [0, 0.05) is 11.8 Å². The molecule has 0 aliphatic carbocycles. The Morgan fingerprint density at radius 2 is 1.74 bits per heavy atom. The number of thiocarbonyl (C=S) groups is 1. The first kappa shape index (κ1) is 23.8. The van der Waals surface area contributed by atoms with Gasteiger partial charge in [0.15, 0.2) is 11.2 Å². The highest BCUT2D eigenvalue weighted by Crippen LogP contribution is 2.62. The van der Waals surface area contributed by atoms with Gasteiger partial charge in [-0.3, -0.25) is 19.8 Å². The number of aldehydes is 1. The van der Waals surface area contributed by atoms with Crippen LogP contribution in [0, 0.1) is 0 Å². The number of benzene rings is 2. The zero-order chi connectivity index (χ0) is 24.5. The van der Waals surface area contributed by atoms with E-state index in [9.17, 15) is 18.0 Å². The molecule has 0 bridgehead atoms. The van der Waals surface area contributed by atoms with Crippen molar-refractivity contribution in [1.82, 2.24) is 10.2 Å². The number of sulfonamides is 1. The number of hydrogen-bond acceptors (Lipinski definition) is 8.